The highest BCUT2D eigenvalue weighted by atomic mass is 15.1. The third kappa shape index (κ3) is 3.65. The van der Waals surface area contributed by atoms with Gasteiger partial charge < -0.3 is 14.8 Å². The quantitative estimate of drug-likeness (QED) is 0.792. The molecule has 0 fully saturated rings. The minimum atomic E-state index is 0.597. The third-order valence-corrected chi connectivity index (χ3v) is 3.14. The van der Waals surface area contributed by atoms with Crippen LogP contribution in [0, 0.1) is 5.92 Å². The molecule has 0 aliphatic carbocycles. The van der Waals surface area contributed by atoms with Gasteiger partial charge in [0.15, 0.2) is 0 Å². The molecule has 1 aromatic rings. The van der Waals surface area contributed by atoms with Crippen LogP contribution in [0.2, 0.25) is 0 Å². The lowest BCUT2D eigenvalue weighted by molar-refractivity contribution is 0.224. The summed E-state index contributed by atoms with van der Waals surface area (Å²) in [5.74, 6) is 0.677. The summed E-state index contributed by atoms with van der Waals surface area (Å²) < 4.78 is 2.16. The predicted molar refractivity (Wildman–Crippen MR) is 69.4 cm³/mol. The van der Waals surface area contributed by atoms with Gasteiger partial charge in [-0.1, -0.05) is 13.8 Å². The van der Waals surface area contributed by atoms with Crippen LogP contribution in [0.5, 0.6) is 0 Å². The molecule has 1 aromatic heterocycles. The number of likely N-dealkylation sites (N-methyl/N-ethyl adjacent to an activating group) is 1. The van der Waals surface area contributed by atoms with E-state index in [1.165, 1.54) is 5.69 Å². The molecule has 0 saturated carbocycles. The highest BCUT2D eigenvalue weighted by Gasteiger charge is 2.14. The van der Waals surface area contributed by atoms with Gasteiger partial charge in [0.2, 0.25) is 0 Å². The van der Waals surface area contributed by atoms with E-state index in [-0.39, 0.29) is 0 Å². The lowest BCUT2D eigenvalue weighted by atomic mass is 10.0. The van der Waals surface area contributed by atoms with Crippen LogP contribution in [0.15, 0.2) is 18.3 Å². The molecule has 0 radical (unpaired) electrons. The van der Waals surface area contributed by atoms with Gasteiger partial charge in [0, 0.05) is 38.1 Å². The Morgan fingerprint density at radius 3 is 2.50 bits per heavy atom. The van der Waals surface area contributed by atoms with Crippen molar-refractivity contribution in [3.8, 4) is 0 Å². The number of hydrogen-bond acceptors (Lipinski definition) is 2. The first kappa shape index (κ1) is 13.3. The lowest BCUT2D eigenvalue weighted by Gasteiger charge is -2.28. The zero-order valence-corrected chi connectivity index (χ0v) is 11.2. The average molecular weight is 223 g/mol. The first-order valence-electron chi connectivity index (χ1n) is 5.99. The summed E-state index contributed by atoms with van der Waals surface area (Å²) in [5.41, 5.74) is 1.33. The molecular weight excluding hydrogens is 198 g/mol. The topological polar surface area (TPSA) is 20.2 Å². The molecule has 0 aliphatic rings. The van der Waals surface area contributed by atoms with Crippen molar-refractivity contribution in [3.63, 3.8) is 0 Å². The summed E-state index contributed by atoms with van der Waals surface area (Å²) in [5, 5.41) is 3.53. The van der Waals surface area contributed by atoms with E-state index in [4.69, 9.17) is 0 Å². The third-order valence-electron chi connectivity index (χ3n) is 3.14. The Bertz CT molecular complexity index is 294. The summed E-state index contributed by atoms with van der Waals surface area (Å²) in [6.45, 7) is 6.53. The first-order chi connectivity index (χ1) is 7.52. The van der Waals surface area contributed by atoms with E-state index < -0.39 is 0 Å². The smallest absolute Gasteiger partial charge is 0.0359 e. The second-order valence-corrected chi connectivity index (χ2v) is 5.02. The molecule has 1 atom stereocenters. The second kappa shape index (κ2) is 6.06. The fourth-order valence-electron chi connectivity index (χ4n) is 2.04. The summed E-state index contributed by atoms with van der Waals surface area (Å²) in [4.78, 5) is 2.29. The number of rotatable bonds is 6. The van der Waals surface area contributed by atoms with Gasteiger partial charge in [-0.3, -0.25) is 0 Å². The number of nitrogens with one attached hydrogen (secondary N) is 1. The molecule has 1 rings (SSSR count). The van der Waals surface area contributed by atoms with Gasteiger partial charge in [-0.15, -0.1) is 0 Å². The summed E-state index contributed by atoms with van der Waals surface area (Å²) in [6, 6.07) is 4.84. The van der Waals surface area contributed by atoms with Gasteiger partial charge in [0.25, 0.3) is 0 Å². The Labute approximate surface area is 99.4 Å². The van der Waals surface area contributed by atoms with Gasteiger partial charge in [-0.2, -0.15) is 0 Å². The van der Waals surface area contributed by atoms with Crippen molar-refractivity contribution in [2.75, 3.05) is 20.6 Å². The van der Waals surface area contributed by atoms with E-state index >= 15 is 0 Å². The Balaban J connectivity index is 2.37. The van der Waals surface area contributed by atoms with Crippen molar-refractivity contribution in [2.45, 2.75) is 26.4 Å². The fraction of sp³-hybridized carbons (Fsp3) is 0.692. The monoisotopic (exact) mass is 223 g/mol. The maximum atomic E-state index is 3.53. The van der Waals surface area contributed by atoms with Crippen LogP contribution in [-0.4, -0.2) is 36.1 Å². The van der Waals surface area contributed by atoms with Crippen LogP contribution in [0.25, 0.3) is 0 Å². The molecule has 0 saturated heterocycles. The zero-order valence-electron chi connectivity index (χ0n) is 11.2. The Kier molecular flexibility index (Phi) is 5.03. The minimum Gasteiger partial charge on any atom is -0.353 e. The Hall–Kier alpha value is -0.800. The Morgan fingerprint density at radius 1 is 1.38 bits per heavy atom. The van der Waals surface area contributed by atoms with Crippen molar-refractivity contribution in [2.24, 2.45) is 13.0 Å². The van der Waals surface area contributed by atoms with E-state index in [9.17, 15) is 0 Å². The highest BCUT2D eigenvalue weighted by molar-refractivity contribution is 5.05. The van der Waals surface area contributed by atoms with E-state index in [1.807, 2.05) is 0 Å². The molecule has 0 aliphatic heterocycles. The van der Waals surface area contributed by atoms with Crippen LogP contribution in [0.3, 0.4) is 0 Å². The van der Waals surface area contributed by atoms with E-state index in [0.717, 1.165) is 13.1 Å². The molecule has 0 aromatic carbocycles. The van der Waals surface area contributed by atoms with Gasteiger partial charge in [0.05, 0.1) is 0 Å². The van der Waals surface area contributed by atoms with Gasteiger partial charge in [-0.25, -0.2) is 0 Å². The van der Waals surface area contributed by atoms with E-state index in [2.05, 4.69) is 68.1 Å². The number of aromatic nitrogens is 1. The molecule has 0 amide bonds. The van der Waals surface area contributed by atoms with Gasteiger partial charge in [-0.05, 0) is 32.1 Å². The molecule has 0 bridgehead atoms. The Morgan fingerprint density at radius 2 is 2.06 bits per heavy atom. The van der Waals surface area contributed by atoms with Crippen LogP contribution in [-0.2, 0) is 13.6 Å². The minimum absolute atomic E-state index is 0.597. The van der Waals surface area contributed by atoms with Crippen LogP contribution in [0.4, 0.5) is 0 Å². The van der Waals surface area contributed by atoms with Gasteiger partial charge >= 0.3 is 0 Å². The zero-order chi connectivity index (χ0) is 12.1. The summed E-state index contributed by atoms with van der Waals surface area (Å²) in [6.07, 6.45) is 2.09. The molecule has 1 N–H and O–H groups in total. The number of aryl methyl sites for hydroxylation is 1. The van der Waals surface area contributed by atoms with Crippen molar-refractivity contribution in [3.05, 3.63) is 24.0 Å². The predicted octanol–water partition coefficient (Wildman–Crippen LogP) is 1.70. The van der Waals surface area contributed by atoms with Crippen molar-refractivity contribution in [1.29, 1.82) is 0 Å². The molecular formula is C13H25N3. The van der Waals surface area contributed by atoms with Crippen molar-refractivity contribution < 1.29 is 0 Å². The largest absolute Gasteiger partial charge is 0.353 e. The molecule has 1 unspecified atom stereocenters. The molecule has 92 valence electrons. The maximum absolute atomic E-state index is 3.53. The van der Waals surface area contributed by atoms with Crippen molar-refractivity contribution in [1.82, 2.24) is 14.8 Å². The average Bonchev–Trinajstić information content (AvgIpc) is 2.57. The molecule has 16 heavy (non-hydrogen) atoms. The maximum Gasteiger partial charge on any atom is 0.0359 e. The molecule has 1 heterocycles. The first-order valence-corrected chi connectivity index (χ1v) is 5.99. The number of nitrogens with zero attached hydrogens (tertiary/aromatic N) is 2. The molecule has 3 heteroatoms. The fourth-order valence-corrected chi connectivity index (χ4v) is 2.04. The van der Waals surface area contributed by atoms with Crippen LogP contribution in [0.1, 0.15) is 19.5 Å². The van der Waals surface area contributed by atoms with Crippen LogP contribution >= 0.6 is 0 Å². The van der Waals surface area contributed by atoms with Gasteiger partial charge in [0.1, 0.15) is 0 Å². The standard InChI is InChI=1S/C13H25N3/c1-11(2)13(15(3)4)10-14-9-12-7-6-8-16(12)5/h6-8,11,13-14H,9-10H2,1-5H3. The SMILES string of the molecule is CC(C)C(CNCc1cccn1C)N(C)C. The lowest BCUT2D eigenvalue weighted by Crippen LogP contribution is -2.41. The molecule has 0 spiro atoms. The van der Waals surface area contributed by atoms with Crippen LogP contribution < -0.4 is 5.32 Å². The summed E-state index contributed by atoms with van der Waals surface area (Å²) in [7, 11) is 6.38. The van der Waals surface area contributed by atoms with E-state index in [0.29, 0.717) is 12.0 Å². The van der Waals surface area contributed by atoms with E-state index in [1.54, 1.807) is 0 Å². The normalized spacial score (nSPS) is 13.7. The van der Waals surface area contributed by atoms with Crippen molar-refractivity contribution >= 4 is 0 Å². The number of hydrogen-bond donors (Lipinski definition) is 1. The molecule has 3 nitrogen and oxygen atoms in total. The second-order valence-electron chi connectivity index (χ2n) is 5.02. The highest BCUT2D eigenvalue weighted by Crippen LogP contribution is 2.06. The summed E-state index contributed by atoms with van der Waals surface area (Å²) >= 11 is 0.